The standard InChI is InChI=1S/C15H16F3N3O2.ClH/c1-19-12(22)7-21-11-6-20-5-9(11)8-3-2-4-10(15(16,17)18)13(8)14(21)23;/h2-4,9,11,20H,5-7H2,1H3,(H,19,22);1H/t9-,11+;/m1./s1. The number of carbonyl (C=O) groups excluding carboxylic acids is 2. The maximum absolute atomic E-state index is 13.3. The second-order valence-corrected chi connectivity index (χ2v) is 5.71. The van der Waals surface area contributed by atoms with Crippen LogP contribution in [0.2, 0.25) is 0 Å². The third kappa shape index (κ3) is 2.95. The molecule has 0 aromatic heterocycles. The molecule has 1 fully saturated rings. The van der Waals surface area contributed by atoms with Crippen molar-refractivity contribution in [2.24, 2.45) is 0 Å². The van der Waals surface area contributed by atoms with Crippen LogP contribution in [0, 0.1) is 0 Å². The predicted octanol–water partition coefficient (Wildman–Crippen LogP) is 1.38. The van der Waals surface area contributed by atoms with Gasteiger partial charge in [-0.05, 0) is 11.6 Å². The number of alkyl halides is 3. The lowest BCUT2D eigenvalue weighted by atomic mass is 9.82. The molecule has 0 saturated carbocycles. The number of nitrogens with one attached hydrogen (secondary N) is 2. The van der Waals surface area contributed by atoms with Gasteiger partial charge in [-0.2, -0.15) is 13.2 Å². The maximum atomic E-state index is 13.3. The number of hydrogen-bond acceptors (Lipinski definition) is 3. The third-order valence-corrected chi connectivity index (χ3v) is 4.45. The van der Waals surface area contributed by atoms with Gasteiger partial charge in [0.25, 0.3) is 5.91 Å². The minimum atomic E-state index is -4.61. The number of nitrogens with zero attached hydrogens (tertiary/aromatic N) is 1. The fourth-order valence-corrected chi connectivity index (χ4v) is 3.38. The molecule has 9 heteroatoms. The molecule has 2 heterocycles. The van der Waals surface area contributed by atoms with Crippen LogP contribution in [-0.2, 0) is 11.0 Å². The van der Waals surface area contributed by atoms with Gasteiger partial charge in [0.05, 0.1) is 17.2 Å². The summed E-state index contributed by atoms with van der Waals surface area (Å²) in [5.41, 5.74) is -0.853. The third-order valence-electron chi connectivity index (χ3n) is 4.45. The summed E-state index contributed by atoms with van der Waals surface area (Å²) in [5, 5.41) is 5.50. The van der Waals surface area contributed by atoms with Gasteiger partial charge in [-0.1, -0.05) is 12.1 Å². The molecular formula is C15H17ClF3N3O2. The molecule has 0 aliphatic carbocycles. The molecule has 2 aliphatic heterocycles. The topological polar surface area (TPSA) is 61.4 Å². The second-order valence-electron chi connectivity index (χ2n) is 5.71. The van der Waals surface area contributed by atoms with Crippen molar-refractivity contribution in [2.75, 3.05) is 26.7 Å². The number of hydrogen-bond donors (Lipinski definition) is 2. The summed E-state index contributed by atoms with van der Waals surface area (Å²) in [6, 6.07) is 3.51. The van der Waals surface area contributed by atoms with Crippen LogP contribution in [0.3, 0.4) is 0 Å². The number of rotatable bonds is 2. The van der Waals surface area contributed by atoms with Crippen molar-refractivity contribution < 1.29 is 22.8 Å². The summed E-state index contributed by atoms with van der Waals surface area (Å²) in [5.74, 6) is -1.38. The van der Waals surface area contributed by atoms with Crippen LogP contribution in [0.25, 0.3) is 0 Å². The molecule has 0 spiro atoms. The average Bonchev–Trinajstić information content (AvgIpc) is 2.99. The fraction of sp³-hybridized carbons (Fsp3) is 0.467. The van der Waals surface area contributed by atoms with E-state index in [1.165, 1.54) is 18.0 Å². The molecule has 2 amide bonds. The zero-order valence-electron chi connectivity index (χ0n) is 12.8. The van der Waals surface area contributed by atoms with Crippen LogP contribution >= 0.6 is 12.4 Å². The largest absolute Gasteiger partial charge is 0.417 e. The first kappa shape index (κ1) is 18.5. The first-order valence-corrected chi connectivity index (χ1v) is 7.27. The summed E-state index contributed by atoms with van der Waals surface area (Å²) in [6.07, 6.45) is -4.61. The summed E-state index contributed by atoms with van der Waals surface area (Å²) >= 11 is 0. The molecule has 1 aromatic rings. The van der Waals surface area contributed by atoms with E-state index in [0.29, 0.717) is 18.7 Å². The fourth-order valence-electron chi connectivity index (χ4n) is 3.38. The SMILES string of the molecule is CNC(=O)CN1C(=O)c2c(cccc2C(F)(F)F)[C@H]2CNC[C@@H]21.Cl. The predicted molar refractivity (Wildman–Crippen MR) is 83.2 cm³/mol. The van der Waals surface area contributed by atoms with Crippen molar-refractivity contribution >= 4 is 24.2 Å². The van der Waals surface area contributed by atoms with E-state index in [1.54, 1.807) is 6.07 Å². The Kier molecular flexibility index (Phi) is 5.10. The molecule has 5 nitrogen and oxygen atoms in total. The van der Waals surface area contributed by atoms with Gasteiger partial charge < -0.3 is 15.5 Å². The lowest BCUT2D eigenvalue weighted by Gasteiger charge is -2.38. The van der Waals surface area contributed by atoms with Crippen molar-refractivity contribution in [1.29, 1.82) is 0 Å². The van der Waals surface area contributed by atoms with Gasteiger partial charge in [0.1, 0.15) is 6.54 Å². The van der Waals surface area contributed by atoms with Crippen LogP contribution in [0.1, 0.15) is 27.4 Å². The Bertz CT molecular complexity index is 666. The second kappa shape index (κ2) is 6.60. The molecule has 2 N–H and O–H groups in total. The Balaban J connectivity index is 0.00000208. The van der Waals surface area contributed by atoms with E-state index >= 15 is 0 Å². The number of halogens is 4. The van der Waals surface area contributed by atoms with Crippen LogP contribution < -0.4 is 10.6 Å². The van der Waals surface area contributed by atoms with Crippen molar-refractivity contribution in [3.05, 3.63) is 34.9 Å². The zero-order chi connectivity index (χ0) is 16.8. The van der Waals surface area contributed by atoms with Crippen molar-refractivity contribution in [3.8, 4) is 0 Å². The highest BCUT2D eigenvalue weighted by Crippen LogP contribution is 2.41. The molecule has 2 aliphatic rings. The molecule has 3 rings (SSSR count). The monoisotopic (exact) mass is 363 g/mol. The Morgan fingerprint density at radius 3 is 2.71 bits per heavy atom. The Labute approximate surface area is 143 Å². The normalized spacial score (nSPS) is 22.5. The molecular weight excluding hydrogens is 347 g/mol. The summed E-state index contributed by atoms with van der Waals surface area (Å²) in [7, 11) is 1.43. The van der Waals surface area contributed by atoms with Crippen LogP contribution in [0.5, 0.6) is 0 Å². The lowest BCUT2D eigenvalue weighted by Crippen LogP contribution is -2.52. The summed E-state index contributed by atoms with van der Waals surface area (Å²) in [4.78, 5) is 25.6. The van der Waals surface area contributed by atoms with Gasteiger partial charge in [0.15, 0.2) is 0 Å². The number of amides is 2. The van der Waals surface area contributed by atoms with Crippen molar-refractivity contribution in [2.45, 2.75) is 18.1 Å². The Hall–Kier alpha value is -1.80. The van der Waals surface area contributed by atoms with Gasteiger partial charge in [0, 0.05) is 26.1 Å². The van der Waals surface area contributed by atoms with Crippen LogP contribution in [0.4, 0.5) is 13.2 Å². The minimum Gasteiger partial charge on any atom is -0.358 e. The molecule has 0 unspecified atom stereocenters. The highest BCUT2D eigenvalue weighted by atomic mass is 35.5. The summed E-state index contributed by atoms with van der Waals surface area (Å²) in [6.45, 7) is 0.698. The first-order valence-electron chi connectivity index (χ1n) is 7.27. The van der Waals surface area contributed by atoms with Gasteiger partial charge in [-0.25, -0.2) is 0 Å². The van der Waals surface area contributed by atoms with Crippen LogP contribution in [0.15, 0.2) is 18.2 Å². The van der Waals surface area contributed by atoms with E-state index in [2.05, 4.69) is 10.6 Å². The first-order chi connectivity index (χ1) is 10.8. The lowest BCUT2D eigenvalue weighted by molar-refractivity contribution is -0.138. The molecule has 1 saturated heterocycles. The molecule has 132 valence electrons. The molecule has 1 aromatic carbocycles. The van der Waals surface area contributed by atoms with E-state index in [9.17, 15) is 22.8 Å². The highest BCUT2D eigenvalue weighted by molar-refractivity contribution is 6.01. The van der Waals surface area contributed by atoms with Gasteiger partial charge in [-0.3, -0.25) is 9.59 Å². The smallest absolute Gasteiger partial charge is 0.358 e. The molecule has 0 bridgehead atoms. The molecule has 0 radical (unpaired) electrons. The van der Waals surface area contributed by atoms with Crippen LogP contribution in [-0.4, -0.2) is 49.4 Å². The van der Waals surface area contributed by atoms with E-state index in [-0.39, 0.29) is 36.5 Å². The number of likely N-dealkylation sites (N-methyl/N-ethyl adjacent to an activating group) is 1. The van der Waals surface area contributed by atoms with Crippen molar-refractivity contribution in [3.63, 3.8) is 0 Å². The van der Waals surface area contributed by atoms with Gasteiger partial charge in [0.2, 0.25) is 5.91 Å². The highest BCUT2D eigenvalue weighted by Gasteiger charge is 2.47. The number of fused-ring (bicyclic) bond motifs is 3. The average molecular weight is 364 g/mol. The van der Waals surface area contributed by atoms with E-state index in [1.807, 2.05) is 0 Å². The Morgan fingerprint density at radius 2 is 2.08 bits per heavy atom. The Morgan fingerprint density at radius 1 is 1.38 bits per heavy atom. The number of benzene rings is 1. The zero-order valence-corrected chi connectivity index (χ0v) is 13.6. The van der Waals surface area contributed by atoms with Crippen molar-refractivity contribution in [1.82, 2.24) is 15.5 Å². The van der Waals surface area contributed by atoms with E-state index < -0.39 is 23.6 Å². The number of carbonyl (C=O) groups is 2. The minimum absolute atomic E-state index is 0. The quantitative estimate of drug-likeness (QED) is 0.834. The molecule has 24 heavy (non-hydrogen) atoms. The summed E-state index contributed by atoms with van der Waals surface area (Å²) < 4.78 is 39.8. The van der Waals surface area contributed by atoms with Gasteiger partial charge in [-0.15, -0.1) is 12.4 Å². The molecule has 2 atom stereocenters. The van der Waals surface area contributed by atoms with E-state index in [0.717, 1.165) is 6.07 Å². The maximum Gasteiger partial charge on any atom is 0.417 e. The van der Waals surface area contributed by atoms with Gasteiger partial charge >= 0.3 is 6.18 Å². The van der Waals surface area contributed by atoms with E-state index in [4.69, 9.17) is 0 Å².